The molecule has 2 nitrogen and oxygen atoms in total. The molecule has 0 spiro atoms. The van der Waals surface area contributed by atoms with Gasteiger partial charge in [0.1, 0.15) is 6.10 Å². The van der Waals surface area contributed by atoms with Gasteiger partial charge >= 0.3 is 0 Å². The van der Waals surface area contributed by atoms with Crippen LogP contribution >= 0.6 is 11.3 Å². The lowest BCUT2D eigenvalue weighted by Gasteiger charge is -2.12. The molecular formula is C12H13NOS. The molecule has 78 valence electrons. The van der Waals surface area contributed by atoms with Crippen LogP contribution in [0, 0.1) is 13.8 Å². The number of aliphatic hydroxyl groups is 1. The first-order valence-electron chi connectivity index (χ1n) is 4.83. The minimum Gasteiger partial charge on any atom is -0.383 e. The van der Waals surface area contributed by atoms with Gasteiger partial charge in [0.15, 0.2) is 0 Å². The molecule has 0 saturated heterocycles. The Bertz CT molecular complexity index is 464. The zero-order chi connectivity index (χ0) is 10.8. The number of hydrogen-bond donors (Lipinski definition) is 1. The summed E-state index contributed by atoms with van der Waals surface area (Å²) in [6, 6.07) is 7.89. The number of thiazole rings is 1. The molecule has 1 unspecified atom stereocenters. The summed E-state index contributed by atoms with van der Waals surface area (Å²) in [4.78, 5) is 5.09. The average molecular weight is 219 g/mol. The third kappa shape index (κ3) is 1.94. The van der Waals surface area contributed by atoms with E-state index in [1.54, 1.807) is 5.51 Å². The van der Waals surface area contributed by atoms with Crippen LogP contribution in [0.1, 0.15) is 27.8 Å². The summed E-state index contributed by atoms with van der Waals surface area (Å²) in [7, 11) is 0. The summed E-state index contributed by atoms with van der Waals surface area (Å²) < 4.78 is 0. The van der Waals surface area contributed by atoms with Gasteiger partial charge in [-0.25, -0.2) is 4.98 Å². The number of nitrogens with zero attached hydrogens (tertiary/aromatic N) is 1. The van der Waals surface area contributed by atoms with Crippen LogP contribution in [-0.2, 0) is 0 Å². The van der Waals surface area contributed by atoms with Gasteiger partial charge in [-0.05, 0) is 25.0 Å². The summed E-state index contributed by atoms with van der Waals surface area (Å²) in [5, 5.41) is 10.2. The molecule has 2 rings (SSSR count). The number of benzene rings is 1. The summed E-state index contributed by atoms with van der Waals surface area (Å²) in [6.07, 6.45) is -0.543. The third-order valence-corrected chi connectivity index (χ3v) is 3.50. The Balaban J connectivity index is 2.41. The Morgan fingerprint density at radius 2 is 2.00 bits per heavy atom. The zero-order valence-electron chi connectivity index (χ0n) is 8.77. The van der Waals surface area contributed by atoms with E-state index in [1.807, 2.05) is 38.1 Å². The van der Waals surface area contributed by atoms with E-state index in [-0.39, 0.29) is 0 Å². The predicted octanol–water partition coefficient (Wildman–Crippen LogP) is 2.84. The molecule has 0 bridgehead atoms. The van der Waals surface area contributed by atoms with E-state index >= 15 is 0 Å². The third-order valence-electron chi connectivity index (χ3n) is 2.51. The van der Waals surface area contributed by atoms with Gasteiger partial charge in [-0.1, -0.05) is 24.3 Å². The van der Waals surface area contributed by atoms with Crippen molar-refractivity contribution in [2.45, 2.75) is 20.0 Å². The highest BCUT2D eigenvalue weighted by molar-refractivity contribution is 7.09. The van der Waals surface area contributed by atoms with Crippen molar-refractivity contribution >= 4 is 11.3 Å². The van der Waals surface area contributed by atoms with Crippen molar-refractivity contribution in [3.05, 3.63) is 51.5 Å². The molecule has 0 aliphatic rings. The van der Waals surface area contributed by atoms with Crippen LogP contribution in [0.3, 0.4) is 0 Å². The normalized spacial score (nSPS) is 12.7. The Hall–Kier alpha value is -1.19. The van der Waals surface area contributed by atoms with Gasteiger partial charge in [-0.3, -0.25) is 0 Å². The zero-order valence-corrected chi connectivity index (χ0v) is 9.58. The standard InChI is InChI=1S/C12H13NOS/c1-8-5-3-4-6-10(8)11(14)12-9(2)13-7-15-12/h3-7,11,14H,1-2H3. The topological polar surface area (TPSA) is 33.1 Å². The van der Waals surface area contributed by atoms with Gasteiger partial charge in [0, 0.05) is 0 Å². The van der Waals surface area contributed by atoms with Gasteiger partial charge in [0.2, 0.25) is 0 Å². The minimum atomic E-state index is -0.543. The highest BCUT2D eigenvalue weighted by atomic mass is 32.1. The van der Waals surface area contributed by atoms with Crippen molar-refractivity contribution in [1.29, 1.82) is 0 Å². The van der Waals surface area contributed by atoms with E-state index in [4.69, 9.17) is 0 Å². The number of aryl methyl sites for hydroxylation is 2. The van der Waals surface area contributed by atoms with Crippen molar-refractivity contribution in [1.82, 2.24) is 4.98 Å². The number of aliphatic hydroxyl groups excluding tert-OH is 1. The van der Waals surface area contributed by atoms with Crippen LogP contribution in [0.15, 0.2) is 29.8 Å². The Labute approximate surface area is 93.2 Å². The number of rotatable bonds is 2. The summed E-state index contributed by atoms with van der Waals surface area (Å²) in [5.74, 6) is 0. The second-order valence-electron chi connectivity index (χ2n) is 3.56. The van der Waals surface area contributed by atoms with E-state index < -0.39 is 6.10 Å². The van der Waals surface area contributed by atoms with Crippen molar-refractivity contribution < 1.29 is 5.11 Å². The Morgan fingerprint density at radius 1 is 1.27 bits per heavy atom. The molecule has 0 radical (unpaired) electrons. The smallest absolute Gasteiger partial charge is 0.115 e. The molecule has 15 heavy (non-hydrogen) atoms. The van der Waals surface area contributed by atoms with Gasteiger partial charge in [0.25, 0.3) is 0 Å². The maximum atomic E-state index is 10.2. The fourth-order valence-corrected chi connectivity index (χ4v) is 2.41. The van der Waals surface area contributed by atoms with Gasteiger partial charge in [0.05, 0.1) is 16.1 Å². The largest absolute Gasteiger partial charge is 0.383 e. The molecule has 1 aromatic heterocycles. The second kappa shape index (κ2) is 4.13. The highest BCUT2D eigenvalue weighted by Crippen LogP contribution is 2.29. The lowest BCUT2D eigenvalue weighted by atomic mass is 10.0. The lowest BCUT2D eigenvalue weighted by molar-refractivity contribution is 0.222. The summed E-state index contributed by atoms with van der Waals surface area (Å²) >= 11 is 1.50. The summed E-state index contributed by atoms with van der Waals surface area (Å²) in [5.41, 5.74) is 4.75. The maximum absolute atomic E-state index is 10.2. The monoisotopic (exact) mass is 219 g/mol. The SMILES string of the molecule is Cc1ccccc1C(O)c1scnc1C. The van der Waals surface area contributed by atoms with E-state index in [0.717, 1.165) is 21.7 Å². The van der Waals surface area contributed by atoms with Crippen molar-refractivity contribution in [2.24, 2.45) is 0 Å². The molecule has 0 saturated carbocycles. The van der Waals surface area contributed by atoms with E-state index in [0.29, 0.717) is 0 Å². The molecule has 0 amide bonds. The van der Waals surface area contributed by atoms with E-state index in [1.165, 1.54) is 11.3 Å². The van der Waals surface area contributed by atoms with Gasteiger partial charge in [-0.15, -0.1) is 11.3 Å². The molecule has 1 atom stereocenters. The summed E-state index contributed by atoms with van der Waals surface area (Å²) in [6.45, 7) is 3.93. The van der Waals surface area contributed by atoms with Crippen molar-refractivity contribution in [3.8, 4) is 0 Å². The first-order valence-corrected chi connectivity index (χ1v) is 5.71. The van der Waals surface area contributed by atoms with Crippen LogP contribution in [0.25, 0.3) is 0 Å². The molecule has 0 fully saturated rings. The van der Waals surface area contributed by atoms with Crippen LogP contribution in [0.4, 0.5) is 0 Å². The molecule has 1 N–H and O–H groups in total. The predicted molar refractivity (Wildman–Crippen MR) is 62.1 cm³/mol. The second-order valence-corrected chi connectivity index (χ2v) is 4.45. The first-order chi connectivity index (χ1) is 7.20. The quantitative estimate of drug-likeness (QED) is 0.842. The van der Waals surface area contributed by atoms with Crippen molar-refractivity contribution in [2.75, 3.05) is 0 Å². The van der Waals surface area contributed by atoms with Gasteiger partial charge < -0.3 is 5.11 Å². The first kappa shape index (κ1) is 10.3. The van der Waals surface area contributed by atoms with Crippen LogP contribution in [0.2, 0.25) is 0 Å². The Kier molecular flexibility index (Phi) is 2.84. The molecule has 2 aromatic rings. The Morgan fingerprint density at radius 3 is 2.60 bits per heavy atom. The van der Waals surface area contributed by atoms with Crippen LogP contribution in [-0.4, -0.2) is 10.1 Å². The van der Waals surface area contributed by atoms with Crippen LogP contribution in [0.5, 0.6) is 0 Å². The van der Waals surface area contributed by atoms with E-state index in [2.05, 4.69) is 4.98 Å². The number of hydrogen-bond acceptors (Lipinski definition) is 3. The average Bonchev–Trinajstić information content (AvgIpc) is 2.64. The maximum Gasteiger partial charge on any atom is 0.115 e. The fraction of sp³-hybridized carbons (Fsp3) is 0.250. The molecule has 3 heteroatoms. The van der Waals surface area contributed by atoms with Gasteiger partial charge in [-0.2, -0.15) is 0 Å². The van der Waals surface area contributed by atoms with Crippen molar-refractivity contribution in [3.63, 3.8) is 0 Å². The van der Waals surface area contributed by atoms with Crippen LogP contribution < -0.4 is 0 Å². The molecule has 1 aromatic carbocycles. The molecule has 0 aliphatic carbocycles. The molecular weight excluding hydrogens is 206 g/mol. The highest BCUT2D eigenvalue weighted by Gasteiger charge is 2.16. The number of aromatic nitrogens is 1. The molecule has 0 aliphatic heterocycles. The van der Waals surface area contributed by atoms with E-state index in [9.17, 15) is 5.11 Å². The molecule has 1 heterocycles. The lowest BCUT2D eigenvalue weighted by Crippen LogP contribution is -2.01. The minimum absolute atomic E-state index is 0.543. The fourth-order valence-electron chi connectivity index (χ4n) is 1.61.